The molecule has 30 heavy (non-hydrogen) atoms. The molecule has 1 atom stereocenters. The molecule has 178 valence electrons. The topological polar surface area (TPSA) is 75.4 Å². The average Bonchev–Trinajstić information content (AvgIpc) is 2.71. The van der Waals surface area contributed by atoms with Crippen LogP contribution in [0, 0.1) is 5.92 Å². The summed E-state index contributed by atoms with van der Waals surface area (Å²) in [6.07, 6.45) is 17.3. The van der Waals surface area contributed by atoms with Crippen molar-refractivity contribution in [2.75, 3.05) is 20.1 Å². The van der Waals surface area contributed by atoms with Crippen molar-refractivity contribution in [3.8, 4) is 0 Å². The molecule has 0 aromatic carbocycles. The lowest BCUT2D eigenvalue weighted by atomic mass is 10.0. The Bertz CT molecular complexity index is 427. The highest BCUT2D eigenvalue weighted by Crippen LogP contribution is 2.15. The summed E-state index contributed by atoms with van der Waals surface area (Å²) in [6, 6.07) is -0.385. The van der Waals surface area contributed by atoms with E-state index in [-0.39, 0.29) is 23.8 Å². The van der Waals surface area contributed by atoms with Crippen LogP contribution in [0.25, 0.3) is 0 Å². The molecule has 2 amide bonds. The van der Waals surface area contributed by atoms with Gasteiger partial charge < -0.3 is 16.0 Å². The zero-order valence-corrected chi connectivity index (χ0v) is 20.5. The average molecular weight is 426 g/mol. The van der Waals surface area contributed by atoms with Gasteiger partial charge in [-0.3, -0.25) is 9.59 Å². The first-order valence-corrected chi connectivity index (χ1v) is 12.7. The molecule has 0 aromatic rings. The smallest absolute Gasteiger partial charge is 0.243 e. The van der Waals surface area contributed by atoms with Crippen LogP contribution >= 0.6 is 0 Å². The molecule has 0 aliphatic heterocycles. The third-order valence-electron chi connectivity index (χ3n) is 5.89. The van der Waals surface area contributed by atoms with E-state index in [4.69, 9.17) is 5.73 Å². The minimum atomic E-state index is -0.385. The number of hydrogen-bond donors (Lipinski definition) is 2. The molecule has 0 aliphatic rings. The van der Waals surface area contributed by atoms with Crippen LogP contribution in [0.2, 0.25) is 0 Å². The normalized spacial score (nSPS) is 12.2. The van der Waals surface area contributed by atoms with Crippen LogP contribution in [0.1, 0.15) is 117 Å². The molecule has 0 rings (SSSR count). The fourth-order valence-corrected chi connectivity index (χ4v) is 3.96. The second kappa shape index (κ2) is 19.8. The molecule has 0 spiro atoms. The summed E-state index contributed by atoms with van der Waals surface area (Å²) >= 11 is 0. The number of hydrogen-bond acceptors (Lipinski definition) is 3. The third-order valence-corrected chi connectivity index (χ3v) is 5.89. The van der Waals surface area contributed by atoms with Gasteiger partial charge in [0.2, 0.25) is 11.8 Å². The van der Waals surface area contributed by atoms with E-state index >= 15 is 0 Å². The number of unbranched alkanes of at least 4 members (excludes halogenated alkanes) is 12. The quantitative estimate of drug-likeness (QED) is 0.256. The summed E-state index contributed by atoms with van der Waals surface area (Å²) < 4.78 is 0. The number of carbonyl (C=O) groups is 2. The van der Waals surface area contributed by atoms with Gasteiger partial charge in [-0.1, -0.05) is 91.4 Å². The fourth-order valence-electron chi connectivity index (χ4n) is 3.96. The lowest BCUT2D eigenvalue weighted by Gasteiger charge is -2.30. The van der Waals surface area contributed by atoms with Gasteiger partial charge in [0, 0.05) is 20.0 Å². The summed E-state index contributed by atoms with van der Waals surface area (Å²) in [5.41, 5.74) is 5.50. The number of carbonyl (C=O) groups excluding carboxylic acids is 2. The van der Waals surface area contributed by atoms with Crippen molar-refractivity contribution in [2.45, 2.75) is 123 Å². The maximum atomic E-state index is 12.6. The van der Waals surface area contributed by atoms with Gasteiger partial charge in [-0.15, -0.1) is 0 Å². The minimum absolute atomic E-state index is 0.0252. The molecule has 0 saturated carbocycles. The van der Waals surface area contributed by atoms with Crippen molar-refractivity contribution >= 4 is 11.8 Å². The number of nitrogens with zero attached hydrogens (tertiary/aromatic N) is 1. The van der Waals surface area contributed by atoms with Crippen molar-refractivity contribution in [1.29, 1.82) is 0 Å². The third kappa shape index (κ3) is 14.8. The summed E-state index contributed by atoms with van der Waals surface area (Å²) in [4.78, 5) is 26.9. The van der Waals surface area contributed by atoms with Gasteiger partial charge in [0.1, 0.15) is 6.04 Å². The summed E-state index contributed by atoms with van der Waals surface area (Å²) in [5, 5.41) is 3.02. The fraction of sp³-hybridized carbons (Fsp3) is 0.920. The number of nitrogens with two attached hydrogens (primary N) is 1. The van der Waals surface area contributed by atoms with Gasteiger partial charge in [-0.25, -0.2) is 0 Å². The van der Waals surface area contributed by atoms with Crippen molar-refractivity contribution in [2.24, 2.45) is 11.7 Å². The molecule has 3 N–H and O–H groups in total. The Kier molecular flexibility index (Phi) is 19.1. The van der Waals surface area contributed by atoms with E-state index in [0.717, 1.165) is 45.1 Å². The Hall–Kier alpha value is -1.10. The molecule has 0 saturated heterocycles. The highest BCUT2D eigenvalue weighted by molar-refractivity contribution is 5.87. The second-order valence-corrected chi connectivity index (χ2v) is 9.12. The van der Waals surface area contributed by atoms with Gasteiger partial charge in [0.15, 0.2) is 0 Å². The molecule has 0 radical (unpaired) electrons. The second-order valence-electron chi connectivity index (χ2n) is 9.12. The largest absolute Gasteiger partial charge is 0.354 e. The molecular formula is C25H51N3O2. The molecule has 5 nitrogen and oxygen atoms in total. The van der Waals surface area contributed by atoms with Crippen LogP contribution in [0.15, 0.2) is 0 Å². The number of nitrogens with one attached hydrogen (secondary N) is 1. The summed E-state index contributed by atoms with van der Waals surface area (Å²) in [7, 11) is 1.78. The molecule has 0 heterocycles. The predicted molar refractivity (Wildman–Crippen MR) is 128 cm³/mol. The van der Waals surface area contributed by atoms with E-state index in [1.807, 2.05) is 13.8 Å². The van der Waals surface area contributed by atoms with E-state index in [1.165, 1.54) is 51.4 Å². The Labute approximate surface area is 186 Å². The molecule has 0 aromatic heterocycles. The molecule has 5 heteroatoms. The molecular weight excluding hydrogens is 374 g/mol. The van der Waals surface area contributed by atoms with Crippen molar-refractivity contribution < 1.29 is 9.59 Å². The SMILES string of the molecule is CCCCCCCCCCCCC(=O)N(C)[C@H](C(=O)NCCCCCCN)C(C)C. The first kappa shape index (κ1) is 28.9. The number of likely N-dealkylation sites (N-methyl/N-ethyl adjacent to an activating group) is 1. The van der Waals surface area contributed by atoms with Crippen LogP contribution in [0.4, 0.5) is 0 Å². The first-order chi connectivity index (χ1) is 14.5. The lowest BCUT2D eigenvalue weighted by Crippen LogP contribution is -2.50. The van der Waals surface area contributed by atoms with Gasteiger partial charge >= 0.3 is 0 Å². The minimum Gasteiger partial charge on any atom is -0.354 e. The lowest BCUT2D eigenvalue weighted by molar-refractivity contribution is -0.140. The highest BCUT2D eigenvalue weighted by atomic mass is 16.2. The van der Waals surface area contributed by atoms with Crippen molar-refractivity contribution in [3.05, 3.63) is 0 Å². The Morgan fingerprint density at radius 2 is 1.30 bits per heavy atom. The Morgan fingerprint density at radius 3 is 1.83 bits per heavy atom. The van der Waals surface area contributed by atoms with E-state index in [2.05, 4.69) is 12.2 Å². The van der Waals surface area contributed by atoms with Crippen molar-refractivity contribution in [1.82, 2.24) is 10.2 Å². The predicted octanol–water partition coefficient (Wildman–Crippen LogP) is 5.42. The van der Waals surface area contributed by atoms with Crippen LogP contribution < -0.4 is 11.1 Å². The molecule has 0 bridgehead atoms. The van der Waals surface area contributed by atoms with E-state index in [1.54, 1.807) is 11.9 Å². The molecule has 0 unspecified atom stereocenters. The zero-order valence-electron chi connectivity index (χ0n) is 20.5. The maximum Gasteiger partial charge on any atom is 0.243 e. The summed E-state index contributed by atoms with van der Waals surface area (Å²) in [6.45, 7) is 7.67. The van der Waals surface area contributed by atoms with Gasteiger partial charge in [0.05, 0.1) is 0 Å². The van der Waals surface area contributed by atoms with Gasteiger partial charge in [-0.2, -0.15) is 0 Å². The zero-order chi connectivity index (χ0) is 22.6. The first-order valence-electron chi connectivity index (χ1n) is 12.7. The molecule has 0 aliphatic carbocycles. The summed E-state index contributed by atoms with van der Waals surface area (Å²) in [5.74, 6) is 0.165. The van der Waals surface area contributed by atoms with E-state index in [0.29, 0.717) is 13.0 Å². The highest BCUT2D eigenvalue weighted by Gasteiger charge is 2.29. The van der Waals surface area contributed by atoms with Crippen molar-refractivity contribution in [3.63, 3.8) is 0 Å². The van der Waals surface area contributed by atoms with Crippen LogP contribution in [0.5, 0.6) is 0 Å². The Morgan fingerprint density at radius 1 is 0.800 bits per heavy atom. The van der Waals surface area contributed by atoms with Crippen LogP contribution in [-0.2, 0) is 9.59 Å². The van der Waals surface area contributed by atoms with E-state index in [9.17, 15) is 9.59 Å². The molecule has 0 fully saturated rings. The maximum absolute atomic E-state index is 12.6. The standard InChI is InChI=1S/C25H51N3O2/c1-5-6-7-8-9-10-11-12-13-16-19-23(29)28(4)24(22(2)3)25(30)27-21-18-15-14-17-20-26/h22,24H,5-21,26H2,1-4H3,(H,27,30)/t24-/m0/s1. The van der Waals surface area contributed by atoms with Gasteiger partial charge in [0.25, 0.3) is 0 Å². The van der Waals surface area contributed by atoms with Gasteiger partial charge in [-0.05, 0) is 31.7 Å². The van der Waals surface area contributed by atoms with Crippen LogP contribution in [0.3, 0.4) is 0 Å². The van der Waals surface area contributed by atoms with Crippen LogP contribution in [-0.4, -0.2) is 42.9 Å². The van der Waals surface area contributed by atoms with E-state index < -0.39 is 0 Å². The Balaban J connectivity index is 4.03. The number of rotatable bonds is 20. The number of amides is 2. The monoisotopic (exact) mass is 425 g/mol.